The van der Waals surface area contributed by atoms with Crippen molar-refractivity contribution in [2.45, 2.75) is 63.2 Å². The van der Waals surface area contributed by atoms with Crippen molar-refractivity contribution >= 4 is 80.4 Å². The average Bonchev–Trinajstić information content (AvgIpc) is 3.85. The van der Waals surface area contributed by atoms with Crippen LogP contribution < -0.4 is 20.1 Å². The summed E-state index contributed by atoms with van der Waals surface area (Å²) in [6.45, 7) is 2.80. The number of hydrogen-bond donors (Lipinski definition) is 4. The minimum absolute atomic E-state index is 0.0201. The first-order valence-electron chi connectivity index (χ1n) is 22.4. The Kier molecular flexibility index (Phi) is 15.0. The van der Waals surface area contributed by atoms with Crippen LogP contribution in [0.1, 0.15) is 35.6 Å². The summed E-state index contributed by atoms with van der Waals surface area (Å²) < 4.78 is 15.9. The molecular formula is C52H51Cl4N7O4. The predicted molar refractivity (Wildman–Crippen MR) is 270 cm³/mol. The van der Waals surface area contributed by atoms with Crippen molar-refractivity contribution in [2.24, 2.45) is 0 Å². The minimum Gasteiger partial charge on any atom is -0.489 e. The number of aliphatic hydroxyl groups is 2. The standard InChI is InChI=1S/C52H51Cl4N7O4/c53-37-16-19-49(42(55)26-37)66-32-40(64)30-62-47-18-15-36(25-45(47)60-51(62)57-23-21-34-9-3-1-4-10-34)48-28-39(22-24-61(48)29-35-11-5-2-6-12-35)58-52-59-44-13-7-8-14-46(44)63(52)31-41(65)33-67-50-20-17-38(54)27-43(50)56/h1-20,25-27,39-41,48,64-65H,21-24,28-33H2,(H,57,60)(H,58,59). The van der Waals surface area contributed by atoms with E-state index in [9.17, 15) is 10.2 Å². The molecule has 346 valence electrons. The van der Waals surface area contributed by atoms with Crippen LogP contribution in [-0.4, -0.2) is 78.8 Å². The van der Waals surface area contributed by atoms with Gasteiger partial charge in [-0.15, -0.1) is 0 Å². The second-order valence-electron chi connectivity index (χ2n) is 16.9. The van der Waals surface area contributed by atoms with Crippen molar-refractivity contribution in [3.05, 3.63) is 176 Å². The highest BCUT2D eigenvalue weighted by Crippen LogP contribution is 2.37. The van der Waals surface area contributed by atoms with Crippen LogP contribution in [0.2, 0.25) is 20.1 Å². The molecule has 1 aliphatic heterocycles. The summed E-state index contributed by atoms with van der Waals surface area (Å²) in [6, 6.07) is 45.5. The number of fused-ring (bicyclic) bond motifs is 2. The molecule has 4 atom stereocenters. The summed E-state index contributed by atoms with van der Waals surface area (Å²) in [7, 11) is 0. The van der Waals surface area contributed by atoms with Crippen LogP contribution in [0, 0.1) is 0 Å². The molecule has 0 spiro atoms. The highest BCUT2D eigenvalue weighted by molar-refractivity contribution is 6.36. The van der Waals surface area contributed by atoms with Gasteiger partial charge in [-0.2, -0.15) is 0 Å². The maximum absolute atomic E-state index is 11.4. The van der Waals surface area contributed by atoms with Gasteiger partial charge in [0.2, 0.25) is 11.9 Å². The number of anilines is 2. The summed E-state index contributed by atoms with van der Waals surface area (Å²) >= 11 is 24.9. The molecule has 15 heteroatoms. The largest absolute Gasteiger partial charge is 0.489 e. The van der Waals surface area contributed by atoms with Crippen LogP contribution >= 0.6 is 46.4 Å². The summed E-state index contributed by atoms with van der Waals surface area (Å²) in [6.07, 6.45) is 0.741. The smallest absolute Gasteiger partial charge is 0.204 e. The SMILES string of the molecule is OC(COc1ccc(Cl)cc1Cl)Cn1c(NCCc2ccccc2)nc2cc(C3CC(Nc4nc5ccccc5n4CC(O)COc4ccc(Cl)cc4Cl)CCN3Cc3ccccc3)ccc21. The number of imidazole rings is 2. The third-order valence-corrected chi connectivity index (χ3v) is 13.1. The van der Waals surface area contributed by atoms with Crippen LogP contribution in [0.3, 0.4) is 0 Å². The minimum atomic E-state index is -0.871. The first kappa shape index (κ1) is 46.6. The quantitative estimate of drug-likeness (QED) is 0.0627. The molecule has 0 aliphatic carbocycles. The van der Waals surface area contributed by atoms with Gasteiger partial charge in [0.1, 0.15) is 36.9 Å². The van der Waals surface area contributed by atoms with Crippen molar-refractivity contribution in [1.29, 1.82) is 0 Å². The Bertz CT molecular complexity index is 2920. The molecule has 2 aromatic heterocycles. The van der Waals surface area contributed by atoms with Crippen molar-refractivity contribution in [3.63, 3.8) is 0 Å². The van der Waals surface area contributed by atoms with Crippen molar-refractivity contribution < 1.29 is 19.7 Å². The number of nitrogens with zero attached hydrogens (tertiary/aromatic N) is 5. The number of ether oxygens (including phenoxy) is 2. The number of nitrogens with one attached hydrogen (secondary N) is 2. The third-order valence-electron chi connectivity index (χ3n) is 12.1. The molecule has 0 amide bonds. The molecule has 0 saturated carbocycles. The van der Waals surface area contributed by atoms with Gasteiger partial charge >= 0.3 is 0 Å². The average molecular weight is 980 g/mol. The highest BCUT2D eigenvalue weighted by Gasteiger charge is 2.32. The highest BCUT2D eigenvalue weighted by atomic mass is 35.5. The summed E-state index contributed by atoms with van der Waals surface area (Å²) in [5.41, 5.74) is 7.04. The Morgan fingerprint density at radius 3 is 1.87 bits per heavy atom. The second-order valence-corrected chi connectivity index (χ2v) is 18.6. The normalized spacial score (nSPS) is 16.3. The number of aliphatic hydroxyl groups excluding tert-OH is 2. The number of aromatic nitrogens is 4. The monoisotopic (exact) mass is 977 g/mol. The van der Waals surface area contributed by atoms with E-state index in [1.807, 2.05) is 57.7 Å². The Morgan fingerprint density at radius 1 is 0.627 bits per heavy atom. The zero-order valence-electron chi connectivity index (χ0n) is 36.6. The fraction of sp³-hybridized carbons (Fsp3) is 0.269. The molecule has 67 heavy (non-hydrogen) atoms. The van der Waals surface area contributed by atoms with E-state index in [-0.39, 0.29) is 38.4 Å². The number of benzene rings is 6. The topological polar surface area (TPSA) is 122 Å². The van der Waals surface area contributed by atoms with Gasteiger partial charge in [0.15, 0.2) is 0 Å². The van der Waals surface area contributed by atoms with E-state index in [0.717, 1.165) is 60.0 Å². The Hall–Kier alpha value is -5.50. The fourth-order valence-corrected chi connectivity index (χ4v) is 9.70. The molecule has 1 aliphatic rings. The maximum Gasteiger partial charge on any atom is 0.204 e. The number of piperidine rings is 1. The number of likely N-dealkylation sites (tertiary alicyclic amines) is 1. The molecule has 9 rings (SSSR count). The van der Waals surface area contributed by atoms with Crippen LogP contribution in [0.5, 0.6) is 11.5 Å². The molecule has 4 unspecified atom stereocenters. The summed E-state index contributed by atoms with van der Waals surface area (Å²) in [5, 5.41) is 31.9. The first-order valence-corrected chi connectivity index (χ1v) is 23.9. The molecule has 1 fully saturated rings. The first-order chi connectivity index (χ1) is 32.6. The van der Waals surface area contributed by atoms with Crippen LogP contribution in [0.15, 0.2) is 140 Å². The van der Waals surface area contributed by atoms with Crippen LogP contribution in [0.25, 0.3) is 22.1 Å². The molecule has 0 bridgehead atoms. The van der Waals surface area contributed by atoms with E-state index >= 15 is 0 Å². The van der Waals surface area contributed by atoms with E-state index in [1.165, 1.54) is 11.1 Å². The Labute approximate surface area is 409 Å². The van der Waals surface area contributed by atoms with Gasteiger partial charge in [0.05, 0.1) is 45.2 Å². The van der Waals surface area contributed by atoms with E-state index < -0.39 is 12.2 Å². The molecule has 0 radical (unpaired) electrons. The zero-order valence-corrected chi connectivity index (χ0v) is 39.6. The summed E-state index contributed by atoms with van der Waals surface area (Å²) in [4.78, 5) is 12.7. The molecular weight excluding hydrogens is 928 g/mol. The number of hydrogen-bond acceptors (Lipinski definition) is 9. The van der Waals surface area contributed by atoms with Crippen LogP contribution in [0.4, 0.5) is 11.9 Å². The summed E-state index contributed by atoms with van der Waals surface area (Å²) in [5.74, 6) is 2.26. The molecule has 8 aromatic rings. The lowest BCUT2D eigenvalue weighted by Gasteiger charge is -2.40. The van der Waals surface area contributed by atoms with E-state index in [0.29, 0.717) is 50.0 Å². The maximum atomic E-state index is 11.4. The van der Waals surface area contributed by atoms with Gasteiger partial charge < -0.3 is 39.5 Å². The van der Waals surface area contributed by atoms with Gasteiger partial charge in [-0.25, -0.2) is 9.97 Å². The molecule has 6 aromatic carbocycles. The van der Waals surface area contributed by atoms with Gasteiger partial charge in [0.25, 0.3) is 0 Å². The van der Waals surface area contributed by atoms with Crippen LogP contribution in [-0.2, 0) is 26.1 Å². The van der Waals surface area contributed by atoms with Crippen molar-refractivity contribution in [2.75, 3.05) is 36.9 Å². The molecule has 3 heterocycles. The third kappa shape index (κ3) is 11.6. The van der Waals surface area contributed by atoms with Gasteiger partial charge in [0, 0.05) is 41.8 Å². The Morgan fingerprint density at radius 2 is 1.21 bits per heavy atom. The second kappa shape index (κ2) is 21.6. The molecule has 1 saturated heterocycles. The fourth-order valence-electron chi connectivity index (χ4n) is 8.77. The lowest BCUT2D eigenvalue weighted by molar-refractivity contribution is 0.0937. The lowest BCUT2D eigenvalue weighted by atomic mass is 9.91. The Balaban J connectivity index is 0.976. The van der Waals surface area contributed by atoms with E-state index in [4.69, 9.17) is 65.8 Å². The van der Waals surface area contributed by atoms with E-state index in [1.54, 1.807) is 36.4 Å². The number of para-hydroxylation sites is 2. The van der Waals surface area contributed by atoms with Gasteiger partial charge in [-0.05, 0) is 96.6 Å². The molecule has 4 N–H and O–H groups in total. The van der Waals surface area contributed by atoms with E-state index in [2.05, 4.69) is 70.1 Å². The number of rotatable bonds is 19. The predicted octanol–water partition coefficient (Wildman–Crippen LogP) is 11.4. The van der Waals surface area contributed by atoms with Crippen molar-refractivity contribution in [3.8, 4) is 11.5 Å². The van der Waals surface area contributed by atoms with Gasteiger partial charge in [-0.1, -0.05) is 125 Å². The molecule has 11 nitrogen and oxygen atoms in total. The van der Waals surface area contributed by atoms with Crippen molar-refractivity contribution in [1.82, 2.24) is 24.0 Å². The number of halogens is 4. The zero-order chi connectivity index (χ0) is 46.3. The van der Waals surface area contributed by atoms with Gasteiger partial charge in [-0.3, -0.25) is 4.90 Å². The lowest BCUT2D eigenvalue weighted by Crippen LogP contribution is -2.41.